The van der Waals surface area contributed by atoms with Crippen LogP contribution in [0.4, 0.5) is 0 Å². The predicted octanol–water partition coefficient (Wildman–Crippen LogP) is 4.78. The molecule has 2 aromatic carbocycles. The Kier molecular flexibility index (Phi) is 5.39. The maximum atomic E-state index is 13.1. The summed E-state index contributed by atoms with van der Waals surface area (Å²) in [6.45, 7) is 5.75. The summed E-state index contributed by atoms with van der Waals surface area (Å²) in [6.07, 6.45) is 0.795. The number of aromatic hydroxyl groups is 1. The van der Waals surface area contributed by atoms with Crippen molar-refractivity contribution in [3.05, 3.63) is 74.4 Å². The molecule has 0 amide bonds. The summed E-state index contributed by atoms with van der Waals surface area (Å²) in [5.41, 5.74) is 1.80. The summed E-state index contributed by atoms with van der Waals surface area (Å²) < 4.78 is 7.06. The number of phenolic OH excluding ortho intramolecular Hbond substituents is 1. The Hall–Kier alpha value is -3.06. The molecule has 7 heteroatoms. The highest BCUT2D eigenvalue weighted by Crippen LogP contribution is 2.31. The zero-order chi connectivity index (χ0) is 21.4. The van der Waals surface area contributed by atoms with Gasteiger partial charge in [0.1, 0.15) is 11.3 Å². The van der Waals surface area contributed by atoms with Crippen LogP contribution in [0.1, 0.15) is 37.4 Å². The number of aryl methyl sites for hydroxylation is 1. The fourth-order valence-corrected chi connectivity index (χ4v) is 4.56. The van der Waals surface area contributed by atoms with Gasteiger partial charge >= 0.3 is 5.63 Å². The number of nitrogens with zero attached hydrogens (tertiary/aromatic N) is 2. The Morgan fingerprint density at radius 3 is 2.70 bits per heavy atom. The van der Waals surface area contributed by atoms with Crippen LogP contribution in [-0.2, 0) is 5.75 Å². The third kappa shape index (κ3) is 3.50. The van der Waals surface area contributed by atoms with Gasteiger partial charge in [-0.15, -0.1) is 0 Å². The minimum Gasteiger partial charge on any atom is -0.508 e. The number of para-hydroxylation sites is 1. The van der Waals surface area contributed by atoms with Crippen molar-refractivity contribution in [2.45, 2.75) is 44.1 Å². The first-order valence-corrected chi connectivity index (χ1v) is 10.8. The molecule has 30 heavy (non-hydrogen) atoms. The third-order valence-corrected chi connectivity index (χ3v) is 6.38. The van der Waals surface area contributed by atoms with Gasteiger partial charge in [-0.05, 0) is 50.1 Å². The van der Waals surface area contributed by atoms with E-state index in [1.807, 2.05) is 32.0 Å². The number of aromatic nitrogens is 2. The normalized spacial score (nSPS) is 12.5. The van der Waals surface area contributed by atoms with Crippen LogP contribution >= 0.6 is 11.8 Å². The first kappa shape index (κ1) is 20.2. The summed E-state index contributed by atoms with van der Waals surface area (Å²) in [7, 11) is 0. The van der Waals surface area contributed by atoms with Crippen LogP contribution < -0.4 is 11.2 Å². The Balaban J connectivity index is 1.82. The topological polar surface area (TPSA) is 85.3 Å². The first-order chi connectivity index (χ1) is 14.4. The molecule has 0 spiro atoms. The molecule has 6 nitrogen and oxygen atoms in total. The van der Waals surface area contributed by atoms with E-state index in [1.165, 1.54) is 17.8 Å². The molecule has 0 bridgehead atoms. The summed E-state index contributed by atoms with van der Waals surface area (Å²) in [4.78, 5) is 30.0. The lowest BCUT2D eigenvalue weighted by Crippen LogP contribution is -2.26. The highest BCUT2D eigenvalue weighted by molar-refractivity contribution is 7.98. The van der Waals surface area contributed by atoms with Crippen molar-refractivity contribution in [3.8, 4) is 5.75 Å². The third-order valence-electron chi connectivity index (χ3n) is 5.38. The number of fused-ring (bicyclic) bond motifs is 2. The molecule has 4 aromatic rings. The lowest BCUT2D eigenvalue weighted by Gasteiger charge is -2.18. The highest BCUT2D eigenvalue weighted by Gasteiger charge is 2.17. The van der Waals surface area contributed by atoms with Gasteiger partial charge in [-0.25, -0.2) is 9.78 Å². The first-order valence-electron chi connectivity index (χ1n) is 9.80. The highest BCUT2D eigenvalue weighted by atomic mass is 32.2. The van der Waals surface area contributed by atoms with Crippen molar-refractivity contribution in [1.82, 2.24) is 9.55 Å². The SMILES string of the molecule is CCC(C)n1c(SCc2cc(=O)oc3c(C)c(O)ccc23)nc2ccccc2c1=O. The monoisotopic (exact) mass is 422 g/mol. The van der Waals surface area contributed by atoms with E-state index in [9.17, 15) is 14.7 Å². The van der Waals surface area contributed by atoms with E-state index < -0.39 is 5.63 Å². The van der Waals surface area contributed by atoms with Crippen LogP contribution in [0, 0.1) is 6.92 Å². The van der Waals surface area contributed by atoms with Gasteiger partial charge in [-0.1, -0.05) is 30.8 Å². The van der Waals surface area contributed by atoms with Gasteiger partial charge in [-0.3, -0.25) is 9.36 Å². The van der Waals surface area contributed by atoms with Crippen molar-refractivity contribution in [3.63, 3.8) is 0 Å². The van der Waals surface area contributed by atoms with E-state index in [0.29, 0.717) is 33.0 Å². The zero-order valence-electron chi connectivity index (χ0n) is 17.0. The second-order valence-corrected chi connectivity index (χ2v) is 8.25. The number of hydrogen-bond acceptors (Lipinski definition) is 6. The molecule has 0 aliphatic rings. The molecule has 1 N–H and O–H groups in total. The van der Waals surface area contributed by atoms with Crippen molar-refractivity contribution in [1.29, 1.82) is 0 Å². The summed E-state index contributed by atoms with van der Waals surface area (Å²) >= 11 is 1.42. The fraction of sp³-hybridized carbons (Fsp3) is 0.261. The van der Waals surface area contributed by atoms with E-state index in [1.54, 1.807) is 29.7 Å². The smallest absolute Gasteiger partial charge is 0.336 e. The number of phenols is 1. The average molecular weight is 423 g/mol. The lowest BCUT2D eigenvalue weighted by atomic mass is 10.1. The van der Waals surface area contributed by atoms with Gasteiger partial charge in [0.25, 0.3) is 5.56 Å². The number of benzene rings is 2. The summed E-state index contributed by atoms with van der Waals surface area (Å²) in [5.74, 6) is 0.519. The van der Waals surface area contributed by atoms with Crippen molar-refractivity contribution < 1.29 is 9.52 Å². The Labute approximate surface area is 177 Å². The summed E-state index contributed by atoms with van der Waals surface area (Å²) in [5, 5.41) is 11.9. The lowest BCUT2D eigenvalue weighted by molar-refractivity contribution is 0.467. The quantitative estimate of drug-likeness (QED) is 0.283. The van der Waals surface area contributed by atoms with Crippen LogP contribution in [0.3, 0.4) is 0 Å². The van der Waals surface area contributed by atoms with E-state index in [2.05, 4.69) is 0 Å². The van der Waals surface area contributed by atoms with Gasteiger partial charge in [0.05, 0.1) is 10.9 Å². The van der Waals surface area contributed by atoms with Crippen molar-refractivity contribution in [2.24, 2.45) is 0 Å². The molecule has 2 aromatic heterocycles. The molecule has 1 atom stereocenters. The van der Waals surface area contributed by atoms with Crippen LogP contribution in [0.2, 0.25) is 0 Å². The van der Waals surface area contributed by atoms with E-state index >= 15 is 0 Å². The van der Waals surface area contributed by atoms with Crippen molar-refractivity contribution >= 4 is 33.6 Å². The molecule has 4 rings (SSSR count). The standard InChI is InChI=1S/C23H22N2O4S/c1-4-13(2)25-22(28)17-7-5-6-8-18(17)24-23(25)30-12-15-11-20(27)29-21-14(3)19(26)10-9-16(15)21/h5-11,13,26H,4,12H2,1-3H3. The van der Waals surface area contributed by atoms with Crippen molar-refractivity contribution in [2.75, 3.05) is 0 Å². The van der Waals surface area contributed by atoms with E-state index in [4.69, 9.17) is 9.40 Å². The fourth-order valence-electron chi connectivity index (χ4n) is 3.48. The maximum absolute atomic E-state index is 13.1. The van der Waals surface area contributed by atoms with Gasteiger partial charge in [0, 0.05) is 28.8 Å². The average Bonchev–Trinajstić information content (AvgIpc) is 2.74. The molecule has 0 aliphatic carbocycles. The van der Waals surface area contributed by atoms with E-state index in [0.717, 1.165) is 17.4 Å². The number of hydrogen-bond donors (Lipinski definition) is 1. The van der Waals surface area contributed by atoms with Crippen LogP contribution in [0.25, 0.3) is 21.9 Å². The molecule has 0 fully saturated rings. The van der Waals surface area contributed by atoms with E-state index in [-0.39, 0.29) is 17.4 Å². The van der Waals surface area contributed by atoms with Gasteiger partial charge < -0.3 is 9.52 Å². The molecule has 0 saturated heterocycles. The van der Waals surface area contributed by atoms with Crippen LogP contribution in [-0.4, -0.2) is 14.7 Å². The Morgan fingerprint density at radius 2 is 1.93 bits per heavy atom. The Morgan fingerprint density at radius 1 is 1.17 bits per heavy atom. The number of rotatable bonds is 5. The minimum absolute atomic E-state index is 0.00566. The van der Waals surface area contributed by atoms with Gasteiger partial charge in [-0.2, -0.15) is 0 Å². The summed E-state index contributed by atoms with van der Waals surface area (Å²) in [6, 6.07) is 12.1. The second-order valence-electron chi connectivity index (χ2n) is 7.31. The molecule has 154 valence electrons. The maximum Gasteiger partial charge on any atom is 0.336 e. The van der Waals surface area contributed by atoms with Gasteiger partial charge in [0.15, 0.2) is 5.16 Å². The molecular formula is C23H22N2O4S. The predicted molar refractivity (Wildman–Crippen MR) is 119 cm³/mol. The molecule has 2 heterocycles. The zero-order valence-corrected chi connectivity index (χ0v) is 17.8. The van der Waals surface area contributed by atoms with Gasteiger partial charge in [0.2, 0.25) is 0 Å². The Bertz CT molecular complexity index is 1370. The molecule has 1 unspecified atom stereocenters. The molecular weight excluding hydrogens is 400 g/mol. The molecule has 0 radical (unpaired) electrons. The van der Waals surface area contributed by atoms with Crippen LogP contribution in [0.5, 0.6) is 5.75 Å². The number of thioether (sulfide) groups is 1. The molecule has 0 aliphatic heterocycles. The minimum atomic E-state index is -0.474. The molecule has 0 saturated carbocycles. The largest absolute Gasteiger partial charge is 0.508 e. The van der Waals surface area contributed by atoms with Crippen LogP contribution in [0.15, 0.2) is 61.6 Å². The second kappa shape index (κ2) is 7.99.